The quantitative estimate of drug-likeness (QED) is 0.581. The molecule has 1 aromatic carbocycles. The summed E-state index contributed by atoms with van der Waals surface area (Å²) in [4.78, 5) is 11.7. The van der Waals surface area contributed by atoms with E-state index >= 15 is 0 Å². The van der Waals surface area contributed by atoms with Gasteiger partial charge in [-0.3, -0.25) is 0 Å². The summed E-state index contributed by atoms with van der Waals surface area (Å²) in [6.07, 6.45) is -0.875. The van der Waals surface area contributed by atoms with Gasteiger partial charge in [0.1, 0.15) is 0 Å². The molecular weight excluding hydrogens is 362 g/mol. The van der Waals surface area contributed by atoms with Gasteiger partial charge in [-0.2, -0.15) is 4.31 Å². The summed E-state index contributed by atoms with van der Waals surface area (Å²) in [6.45, 7) is 0.351. The Morgan fingerprint density at radius 1 is 1.43 bits per heavy atom. The maximum absolute atomic E-state index is 12.5. The normalized spacial score (nSPS) is 20.2. The SMILES string of the molecule is COC(=O)C1CN(S(=O)(=O)c2ccc(CBr)cc2)CCO1. The van der Waals surface area contributed by atoms with Crippen molar-refractivity contribution in [2.24, 2.45) is 0 Å². The molecule has 1 aromatic rings. The highest BCUT2D eigenvalue weighted by atomic mass is 79.9. The lowest BCUT2D eigenvalue weighted by Gasteiger charge is -2.30. The first-order valence-electron chi connectivity index (χ1n) is 6.33. The van der Waals surface area contributed by atoms with Gasteiger partial charge in [-0.15, -0.1) is 0 Å². The summed E-state index contributed by atoms with van der Waals surface area (Å²) in [5.41, 5.74) is 0.989. The number of esters is 1. The number of nitrogens with zero attached hydrogens (tertiary/aromatic N) is 1. The van der Waals surface area contributed by atoms with Crippen LogP contribution in [0.25, 0.3) is 0 Å². The Morgan fingerprint density at radius 3 is 2.67 bits per heavy atom. The molecule has 0 aromatic heterocycles. The van der Waals surface area contributed by atoms with Crippen molar-refractivity contribution in [2.75, 3.05) is 26.8 Å². The van der Waals surface area contributed by atoms with Crippen LogP contribution in [0, 0.1) is 0 Å². The van der Waals surface area contributed by atoms with Crippen molar-refractivity contribution >= 4 is 31.9 Å². The molecule has 1 atom stereocenters. The largest absolute Gasteiger partial charge is 0.467 e. The van der Waals surface area contributed by atoms with Crippen molar-refractivity contribution in [1.82, 2.24) is 4.31 Å². The minimum atomic E-state index is -3.63. The molecule has 2 rings (SSSR count). The molecule has 0 aliphatic carbocycles. The molecule has 0 bridgehead atoms. The average Bonchev–Trinajstić information content (AvgIpc) is 2.54. The van der Waals surface area contributed by atoms with E-state index in [1.165, 1.54) is 11.4 Å². The van der Waals surface area contributed by atoms with Gasteiger partial charge in [0, 0.05) is 11.9 Å². The molecule has 0 spiro atoms. The molecule has 116 valence electrons. The lowest BCUT2D eigenvalue weighted by molar-refractivity contribution is -0.157. The maximum Gasteiger partial charge on any atom is 0.336 e. The van der Waals surface area contributed by atoms with Gasteiger partial charge in [0.2, 0.25) is 10.0 Å². The fraction of sp³-hybridized carbons (Fsp3) is 0.462. The van der Waals surface area contributed by atoms with Gasteiger partial charge in [-0.25, -0.2) is 13.2 Å². The van der Waals surface area contributed by atoms with E-state index in [0.717, 1.165) is 5.56 Å². The number of sulfonamides is 1. The Labute approximate surface area is 132 Å². The van der Waals surface area contributed by atoms with Gasteiger partial charge in [-0.05, 0) is 17.7 Å². The molecule has 1 aliphatic rings. The fourth-order valence-corrected chi connectivity index (χ4v) is 3.82. The maximum atomic E-state index is 12.5. The predicted octanol–water partition coefficient (Wildman–Crippen LogP) is 1.14. The van der Waals surface area contributed by atoms with E-state index in [4.69, 9.17) is 4.74 Å². The highest BCUT2D eigenvalue weighted by molar-refractivity contribution is 9.08. The molecule has 1 saturated heterocycles. The zero-order valence-electron chi connectivity index (χ0n) is 11.5. The van der Waals surface area contributed by atoms with Crippen LogP contribution < -0.4 is 0 Å². The highest BCUT2D eigenvalue weighted by Crippen LogP contribution is 2.20. The number of rotatable bonds is 4. The third kappa shape index (κ3) is 3.63. The van der Waals surface area contributed by atoms with Crippen LogP contribution in [0.5, 0.6) is 0 Å². The van der Waals surface area contributed by atoms with E-state index in [0.29, 0.717) is 5.33 Å². The molecule has 1 aliphatic heterocycles. The molecule has 6 nitrogen and oxygen atoms in total. The van der Waals surface area contributed by atoms with Gasteiger partial charge in [-0.1, -0.05) is 28.1 Å². The first-order chi connectivity index (χ1) is 9.98. The fourth-order valence-electron chi connectivity index (χ4n) is 2.02. The Kier molecular flexibility index (Phi) is 5.37. The summed E-state index contributed by atoms with van der Waals surface area (Å²) in [7, 11) is -2.38. The second kappa shape index (κ2) is 6.87. The summed E-state index contributed by atoms with van der Waals surface area (Å²) in [5, 5.41) is 0.662. The Morgan fingerprint density at radius 2 is 2.10 bits per heavy atom. The van der Waals surface area contributed by atoms with Crippen LogP contribution >= 0.6 is 15.9 Å². The van der Waals surface area contributed by atoms with Crippen LogP contribution in [0.15, 0.2) is 29.2 Å². The molecular formula is C13H16BrNO5S. The number of benzene rings is 1. The van der Waals surface area contributed by atoms with Crippen LogP contribution in [0.3, 0.4) is 0 Å². The molecule has 0 N–H and O–H groups in total. The van der Waals surface area contributed by atoms with Gasteiger partial charge >= 0.3 is 5.97 Å². The third-order valence-electron chi connectivity index (χ3n) is 3.21. The van der Waals surface area contributed by atoms with Crippen molar-refractivity contribution in [3.8, 4) is 0 Å². The molecule has 8 heteroatoms. The van der Waals surface area contributed by atoms with E-state index in [2.05, 4.69) is 20.7 Å². The zero-order valence-corrected chi connectivity index (χ0v) is 13.9. The Hall–Kier alpha value is -0.960. The monoisotopic (exact) mass is 377 g/mol. The molecule has 0 amide bonds. The summed E-state index contributed by atoms with van der Waals surface area (Å²) < 4.78 is 36.2. The van der Waals surface area contributed by atoms with E-state index in [-0.39, 0.29) is 24.6 Å². The number of halogens is 1. The third-order valence-corrected chi connectivity index (χ3v) is 5.74. The number of alkyl halides is 1. The molecule has 0 saturated carbocycles. The van der Waals surface area contributed by atoms with E-state index in [9.17, 15) is 13.2 Å². The van der Waals surface area contributed by atoms with E-state index in [1.807, 2.05) is 0 Å². The van der Waals surface area contributed by atoms with Crippen LogP contribution in [0.4, 0.5) is 0 Å². The highest BCUT2D eigenvalue weighted by Gasteiger charge is 2.34. The first kappa shape index (κ1) is 16.4. The van der Waals surface area contributed by atoms with Gasteiger partial charge in [0.25, 0.3) is 0 Å². The van der Waals surface area contributed by atoms with Gasteiger partial charge in [0.15, 0.2) is 6.10 Å². The summed E-state index contributed by atoms with van der Waals surface area (Å²) >= 11 is 3.31. The summed E-state index contributed by atoms with van der Waals surface area (Å²) in [5.74, 6) is -0.565. The number of hydrogen-bond donors (Lipinski definition) is 0. The van der Waals surface area contributed by atoms with Crippen molar-refractivity contribution in [3.63, 3.8) is 0 Å². The molecule has 1 heterocycles. The lowest BCUT2D eigenvalue weighted by Crippen LogP contribution is -2.48. The topological polar surface area (TPSA) is 72.9 Å². The minimum Gasteiger partial charge on any atom is -0.467 e. The Bertz CT molecular complexity index is 601. The minimum absolute atomic E-state index is 0.0325. The van der Waals surface area contributed by atoms with Gasteiger partial charge in [0.05, 0.1) is 25.2 Å². The van der Waals surface area contributed by atoms with Crippen LogP contribution in [0.2, 0.25) is 0 Å². The zero-order chi connectivity index (χ0) is 15.5. The number of ether oxygens (including phenoxy) is 2. The number of carbonyl (C=O) groups excluding carboxylic acids is 1. The second-order valence-electron chi connectivity index (χ2n) is 4.52. The van der Waals surface area contributed by atoms with Crippen molar-refractivity contribution < 1.29 is 22.7 Å². The number of morpholine rings is 1. The predicted molar refractivity (Wildman–Crippen MR) is 79.6 cm³/mol. The van der Waals surface area contributed by atoms with Crippen molar-refractivity contribution in [1.29, 1.82) is 0 Å². The van der Waals surface area contributed by atoms with E-state index in [1.54, 1.807) is 24.3 Å². The summed E-state index contributed by atoms with van der Waals surface area (Å²) in [6, 6.07) is 6.63. The lowest BCUT2D eigenvalue weighted by atomic mass is 10.2. The second-order valence-corrected chi connectivity index (χ2v) is 7.02. The molecule has 1 fully saturated rings. The molecule has 1 unspecified atom stereocenters. The number of carbonyl (C=O) groups is 1. The number of methoxy groups -OCH3 is 1. The van der Waals surface area contributed by atoms with Gasteiger partial charge < -0.3 is 9.47 Å². The van der Waals surface area contributed by atoms with Crippen LogP contribution in [-0.2, 0) is 29.6 Å². The number of hydrogen-bond acceptors (Lipinski definition) is 5. The first-order valence-corrected chi connectivity index (χ1v) is 8.89. The molecule has 0 radical (unpaired) electrons. The smallest absolute Gasteiger partial charge is 0.336 e. The van der Waals surface area contributed by atoms with Crippen LogP contribution in [-0.4, -0.2) is 51.6 Å². The standard InChI is InChI=1S/C13H16BrNO5S/c1-19-13(16)12-9-15(6-7-20-12)21(17,18)11-4-2-10(8-14)3-5-11/h2-5,12H,6-9H2,1H3. The Balaban J connectivity index is 2.19. The molecule has 21 heavy (non-hydrogen) atoms. The van der Waals surface area contributed by atoms with Crippen LogP contribution in [0.1, 0.15) is 5.56 Å². The van der Waals surface area contributed by atoms with Crippen molar-refractivity contribution in [2.45, 2.75) is 16.3 Å². The van der Waals surface area contributed by atoms with E-state index < -0.39 is 22.1 Å². The average molecular weight is 378 g/mol. The van der Waals surface area contributed by atoms with Crippen molar-refractivity contribution in [3.05, 3.63) is 29.8 Å².